The summed E-state index contributed by atoms with van der Waals surface area (Å²) in [7, 11) is -3.67. The molecule has 8 nitrogen and oxygen atoms in total. The van der Waals surface area contributed by atoms with Crippen LogP contribution in [0, 0.1) is 5.82 Å². The second-order valence-electron chi connectivity index (χ2n) is 9.98. The van der Waals surface area contributed by atoms with Gasteiger partial charge >= 0.3 is 0 Å². The average molecular weight is 627 g/mol. The maximum Gasteiger partial charge on any atom is 0.260 e. The van der Waals surface area contributed by atoms with E-state index >= 15 is 0 Å². The summed E-state index contributed by atoms with van der Waals surface area (Å²) >= 11 is 1.27. The van der Waals surface area contributed by atoms with Gasteiger partial charge in [-0.05, 0) is 55.7 Å². The minimum atomic E-state index is -3.67. The fourth-order valence-corrected chi connectivity index (χ4v) is 7.20. The molecule has 2 aromatic carbocycles. The van der Waals surface area contributed by atoms with Gasteiger partial charge in [-0.3, -0.25) is 14.6 Å². The number of rotatable bonds is 14. The number of carbonyl (C=O) groups is 1. The molecule has 0 spiro atoms. The summed E-state index contributed by atoms with van der Waals surface area (Å²) in [5.74, 6) is -0.717. The van der Waals surface area contributed by atoms with Crippen LogP contribution in [-0.2, 0) is 14.8 Å². The van der Waals surface area contributed by atoms with Gasteiger partial charge in [-0.25, -0.2) is 17.8 Å². The predicted octanol–water partition coefficient (Wildman–Crippen LogP) is 5.82. The number of sulfonamides is 1. The van der Waals surface area contributed by atoms with Crippen molar-refractivity contribution >= 4 is 55.0 Å². The van der Waals surface area contributed by atoms with Crippen LogP contribution in [0.25, 0.3) is 10.2 Å². The molecule has 4 rings (SSSR count). The van der Waals surface area contributed by atoms with E-state index in [0.29, 0.717) is 54.7 Å². The third-order valence-electron chi connectivity index (χ3n) is 7.06. The molecule has 1 amide bonds. The van der Waals surface area contributed by atoms with Crippen LogP contribution in [0.15, 0.2) is 47.4 Å². The number of aromatic nitrogens is 1. The Morgan fingerprint density at radius 2 is 1.66 bits per heavy atom. The van der Waals surface area contributed by atoms with Gasteiger partial charge in [-0.2, -0.15) is 4.31 Å². The Bertz CT molecular complexity index is 1360. The summed E-state index contributed by atoms with van der Waals surface area (Å²) < 4.78 is 48.8. The Hall–Kier alpha value is -2.15. The molecular weight excluding hydrogens is 587 g/mol. The van der Waals surface area contributed by atoms with E-state index in [0.717, 1.165) is 45.3 Å². The van der Waals surface area contributed by atoms with Crippen LogP contribution >= 0.6 is 23.7 Å². The molecule has 1 aliphatic rings. The van der Waals surface area contributed by atoms with Gasteiger partial charge in [0.05, 0.1) is 22.8 Å². The first-order valence-electron chi connectivity index (χ1n) is 14.1. The van der Waals surface area contributed by atoms with Gasteiger partial charge in [0.15, 0.2) is 5.13 Å². The lowest BCUT2D eigenvalue weighted by atomic mass is 10.2. The highest BCUT2D eigenvalue weighted by atomic mass is 35.5. The molecule has 41 heavy (non-hydrogen) atoms. The largest absolute Gasteiger partial charge is 0.379 e. The molecule has 1 fully saturated rings. The lowest BCUT2D eigenvalue weighted by molar-refractivity contribution is 0.0376. The fraction of sp³-hybridized carbons (Fsp3) is 0.517. The van der Waals surface area contributed by atoms with Gasteiger partial charge in [0.25, 0.3) is 5.91 Å². The molecule has 3 aromatic rings. The molecule has 0 saturated carbocycles. The Labute approximate surface area is 252 Å². The number of carbonyl (C=O) groups excluding carboxylic acids is 1. The number of unbranched alkanes of at least 4 members (excludes halogenated alkanes) is 2. The summed E-state index contributed by atoms with van der Waals surface area (Å²) in [5, 5.41) is 0.425. The van der Waals surface area contributed by atoms with Crippen LogP contribution in [0.2, 0.25) is 0 Å². The fourth-order valence-electron chi connectivity index (χ4n) is 4.68. The third kappa shape index (κ3) is 8.46. The number of thiazole rings is 1. The van der Waals surface area contributed by atoms with Gasteiger partial charge < -0.3 is 4.74 Å². The van der Waals surface area contributed by atoms with Crippen molar-refractivity contribution in [2.75, 3.05) is 57.4 Å². The molecule has 1 aromatic heterocycles. The predicted molar refractivity (Wildman–Crippen MR) is 165 cm³/mol. The van der Waals surface area contributed by atoms with Crippen LogP contribution in [0.5, 0.6) is 0 Å². The van der Waals surface area contributed by atoms with Crippen molar-refractivity contribution in [3.8, 4) is 0 Å². The van der Waals surface area contributed by atoms with Crippen LogP contribution in [0.4, 0.5) is 9.52 Å². The number of nitrogens with zero attached hydrogens (tertiary/aromatic N) is 4. The highest BCUT2D eigenvalue weighted by Crippen LogP contribution is 2.31. The molecule has 2 heterocycles. The zero-order valence-electron chi connectivity index (χ0n) is 23.8. The second kappa shape index (κ2) is 15.9. The lowest BCUT2D eigenvalue weighted by Gasteiger charge is -2.27. The molecule has 1 saturated heterocycles. The number of anilines is 1. The highest BCUT2D eigenvalue weighted by molar-refractivity contribution is 7.89. The van der Waals surface area contributed by atoms with Crippen molar-refractivity contribution in [1.29, 1.82) is 0 Å². The minimum Gasteiger partial charge on any atom is -0.379 e. The molecule has 12 heteroatoms. The Kier molecular flexibility index (Phi) is 12.9. The van der Waals surface area contributed by atoms with Crippen molar-refractivity contribution in [2.45, 2.75) is 50.8 Å². The number of hydrogen-bond donors (Lipinski definition) is 0. The molecule has 226 valence electrons. The summed E-state index contributed by atoms with van der Waals surface area (Å²) in [6.45, 7) is 9.33. The van der Waals surface area contributed by atoms with Crippen molar-refractivity contribution in [3.05, 3.63) is 53.8 Å². The Balaban J connectivity index is 0.00000462. The SMILES string of the molecule is CCCCN(CCCC)S(=O)(=O)c1ccc(C(=O)N(CCCN2CCOCC2)c2nc3c(F)cccc3s2)cc1.Cl. The second-order valence-corrected chi connectivity index (χ2v) is 12.9. The van der Waals surface area contributed by atoms with E-state index in [4.69, 9.17) is 4.74 Å². The molecule has 0 atom stereocenters. The van der Waals surface area contributed by atoms with Gasteiger partial charge in [0.2, 0.25) is 10.0 Å². The molecule has 0 unspecified atom stereocenters. The molecule has 0 N–H and O–H groups in total. The first kappa shape index (κ1) is 33.4. The van der Waals surface area contributed by atoms with Crippen LogP contribution in [0.3, 0.4) is 0 Å². The molecule has 0 bridgehead atoms. The lowest BCUT2D eigenvalue weighted by Crippen LogP contribution is -2.39. The van der Waals surface area contributed by atoms with Crippen molar-refractivity contribution < 1.29 is 22.3 Å². The number of hydrogen-bond acceptors (Lipinski definition) is 7. The van der Waals surface area contributed by atoms with Gasteiger partial charge in [-0.15, -0.1) is 12.4 Å². The van der Waals surface area contributed by atoms with E-state index in [1.54, 1.807) is 33.5 Å². The topological polar surface area (TPSA) is 83.1 Å². The smallest absolute Gasteiger partial charge is 0.260 e. The quantitative estimate of drug-likeness (QED) is 0.224. The number of para-hydroxylation sites is 1. The van der Waals surface area contributed by atoms with Crippen molar-refractivity contribution in [3.63, 3.8) is 0 Å². The molecule has 1 aliphatic heterocycles. The van der Waals surface area contributed by atoms with Gasteiger partial charge in [-0.1, -0.05) is 44.1 Å². The van der Waals surface area contributed by atoms with E-state index < -0.39 is 15.8 Å². The first-order valence-corrected chi connectivity index (χ1v) is 16.4. The van der Waals surface area contributed by atoms with Crippen LogP contribution < -0.4 is 4.90 Å². The van der Waals surface area contributed by atoms with Gasteiger partial charge in [0, 0.05) is 44.8 Å². The summed E-state index contributed by atoms with van der Waals surface area (Å²) in [6.07, 6.45) is 4.11. The normalized spacial score (nSPS) is 14.3. The third-order valence-corrected chi connectivity index (χ3v) is 10.0. The average Bonchev–Trinajstić information content (AvgIpc) is 3.41. The summed E-state index contributed by atoms with van der Waals surface area (Å²) in [6, 6.07) is 10.9. The standard InChI is InChI=1S/C29H39FN4O4S2.ClH/c1-3-5-16-33(17-6-4-2)40(36,37)24-13-11-23(12-14-24)28(35)34(18-8-15-32-19-21-38-22-20-32)29-31-27-25(30)9-7-10-26(27)39-29;/h7,9-14H,3-6,8,15-22H2,1-2H3;1H. The van der Waals surface area contributed by atoms with E-state index in [9.17, 15) is 17.6 Å². The number of ether oxygens (including phenoxy) is 1. The Morgan fingerprint density at radius 3 is 2.27 bits per heavy atom. The maximum absolute atomic E-state index is 14.4. The van der Waals surface area contributed by atoms with E-state index in [-0.39, 0.29) is 28.7 Å². The van der Waals surface area contributed by atoms with E-state index in [1.807, 2.05) is 13.8 Å². The van der Waals surface area contributed by atoms with Crippen molar-refractivity contribution in [1.82, 2.24) is 14.2 Å². The van der Waals surface area contributed by atoms with Crippen LogP contribution in [0.1, 0.15) is 56.3 Å². The zero-order chi connectivity index (χ0) is 28.5. The highest BCUT2D eigenvalue weighted by Gasteiger charge is 2.26. The number of amides is 1. The number of halogens is 2. The van der Waals surface area contributed by atoms with E-state index in [1.165, 1.54) is 29.5 Å². The summed E-state index contributed by atoms with van der Waals surface area (Å²) in [5.41, 5.74) is 0.605. The number of morpholine rings is 1. The number of fused-ring (bicyclic) bond motifs is 1. The molecular formula is C29H40ClFN4O4S2. The van der Waals surface area contributed by atoms with Crippen LogP contribution in [-0.4, -0.2) is 81.0 Å². The first-order chi connectivity index (χ1) is 19.3. The van der Waals surface area contributed by atoms with Gasteiger partial charge in [0.1, 0.15) is 11.3 Å². The van der Waals surface area contributed by atoms with Crippen molar-refractivity contribution in [2.24, 2.45) is 0 Å². The minimum absolute atomic E-state index is 0. The molecule has 0 radical (unpaired) electrons. The summed E-state index contributed by atoms with van der Waals surface area (Å²) in [4.78, 5) is 22.3. The zero-order valence-corrected chi connectivity index (χ0v) is 26.2. The Morgan fingerprint density at radius 1 is 1.00 bits per heavy atom. The maximum atomic E-state index is 14.4. The van der Waals surface area contributed by atoms with E-state index in [2.05, 4.69) is 9.88 Å². The monoisotopic (exact) mass is 626 g/mol. The molecule has 0 aliphatic carbocycles. The number of benzene rings is 2.